The van der Waals surface area contributed by atoms with Crippen molar-refractivity contribution in [2.75, 3.05) is 13.2 Å². The second-order valence-electron chi connectivity index (χ2n) is 5.62. The molecule has 1 aromatic carbocycles. The van der Waals surface area contributed by atoms with E-state index in [2.05, 4.69) is 5.32 Å². The molecule has 1 saturated carbocycles. The lowest BCUT2D eigenvalue weighted by atomic mass is 10.0. The van der Waals surface area contributed by atoms with Crippen molar-refractivity contribution in [3.05, 3.63) is 35.4 Å². The summed E-state index contributed by atoms with van der Waals surface area (Å²) in [6.45, 7) is -0.432. The fourth-order valence-electron chi connectivity index (χ4n) is 2.67. The molecule has 1 aromatic rings. The monoisotopic (exact) mass is 331 g/mol. The van der Waals surface area contributed by atoms with Gasteiger partial charge in [-0.25, -0.2) is 0 Å². The largest absolute Gasteiger partial charge is 0.416 e. The van der Waals surface area contributed by atoms with E-state index in [0.29, 0.717) is 0 Å². The number of halogens is 3. The van der Waals surface area contributed by atoms with Gasteiger partial charge in [-0.2, -0.15) is 13.2 Å². The molecule has 7 heteroatoms. The first-order chi connectivity index (χ1) is 10.9. The van der Waals surface area contributed by atoms with E-state index in [1.54, 1.807) is 0 Å². The fourth-order valence-corrected chi connectivity index (χ4v) is 2.67. The Morgan fingerprint density at radius 2 is 1.96 bits per heavy atom. The molecule has 0 radical (unpaired) electrons. The molecule has 2 rings (SSSR count). The van der Waals surface area contributed by atoms with E-state index < -0.39 is 23.8 Å². The van der Waals surface area contributed by atoms with Gasteiger partial charge in [0.1, 0.15) is 6.61 Å². The van der Waals surface area contributed by atoms with Crippen molar-refractivity contribution in [2.45, 2.75) is 44.1 Å². The molecule has 0 bridgehead atoms. The number of aliphatic hydroxyl groups excluding tert-OH is 1. The van der Waals surface area contributed by atoms with Crippen molar-refractivity contribution in [1.29, 1.82) is 0 Å². The molecule has 1 amide bonds. The number of nitrogens with one attached hydrogen (secondary N) is 1. The predicted molar refractivity (Wildman–Crippen MR) is 77.6 cm³/mol. The molecular weight excluding hydrogens is 311 g/mol. The number of ether oxygens (including phenoxy) is 1. The van der Waals surface area contributed by atoms with Crippen molar-refractivity contribution in [1.82, 2.24) is 5.32 Å². The number of rotatable bonds is 6. The van der Waals surface area contributed by atoms with Gasteiger partial charge in [-0.3, -0.25) is 4.79 Å². The normalized spacial score (nSPS) is 17.2. The van der Waals surface area contributed by atoms with Crippen molar-refractivity contribution < 1.29 is 27.8 Å². The first-order valence-corrected chi connectivity index (χ1v) is 7.60. The van der Waals surface area contributed by atoms with E-state index in [0.717, 1.165) is 31.7 Å². The quantitative estimate of drug-likeness (QED) is 0.843. The molecule has 4 nitrogen and oxygen atoms in total. The summed E-state index contributed by atoms with van der Waals surface area (Å²) in [5.74, 6) is -0.444. The van der Waals surface area contributed by atoms with E-state index in [1.165, 1.54) is 18.2 Å². The molecule has 0 aliphatic heterocycles. The van der Waals surface area contributed by atoms with Crippen LogP contribution in [0.5, 0.6) is 0 Å². The van der Waals surface area contributed by atoms with Crippen LogP contribution >= 0.6 is 0 Å². The summed E-state index contributed by atoms with van der Waals surface area (Å²) in [4.78, 5) is 11.6. The summed E-state index contributed by atoms with van der Waals surface area (Å²) in [6.07, 6.45) is -1.88. The van der Waals surface area contributed by atoms with E-state index in [1.807, 2.05) is 0 Å². The third-order valence-corrected chi connectivity index (χ3v) is 3.87. The van der Waals surface area contributed by atoms with Gasteiger partial charge in [0.2, 0.25) is 5.91 Å². The molecule has 128 valence electrons. The lowest BCUT2D eigenvalue weighted by Gasteiger charge is -2.18. The summed E-state index contributed by atoms with van der Waals surface area (Å²) < 4.78 is 44.1. The first kappa shape index (κ1) is 17.7. The van der Waals surface area contributed by atoms with E-state index in [9.17, 15) is 23.1 Å². The maximum atomic E-state index is 12.9. The van der Waals surface area contributed by atoms with Gasteiger partial charge in [0.15, 0.2) is 0 Å². The van der Waals surface area contributed by atoms with Crippen LogP contribution in [-0.2, 0) is 15.7 Å². The van der Waals surface area contributed by atoms with Gasteiger partial charge >= 0.3 is 6.18 Å². The molecule has 0 spiro atoms. The first-order valence-electron chi connectivity index (χ1n) is 7.60. The number of amides is 1. The Kier molecular flexibility index (Phi) is 6.01. The maximum absolute atomic E-state index is 12.9. The molecule has 1 aliphatic carbocycles. The SMILES string of the molecule is O=C(COC1CCCC1)NC[C@H](O)c1ccccc1C(F)(F)F. The van der Waals surface area contributed by atoms with Crippen LogP contribution in [0.2, 0.25) is 0 Å². The highest BCUT2D eigenvalue weighted by Gasteiger charge is 2.34. The Morgan fingerprint density at radius 1 is 1.30 bits per heavy atom. The third kappa shape index (κ3) is 5.21. The van der Waals surface area contributed by atoms with Crippen molar-refractivity contribution >= 4 is 5.91 Å². The molecule has 0 saturated heterocycles. The average Bonchev–Trinajstić information content (AvgIpc) is 3.03. The van der Waals surface area contributed by atoms with Crippen LogP contribution in [0.3, 0.4) is 0 Å². The highest BCUT2D eigenvalue weighted by Crippen LogP contribution is 2.34. The molecule has 2 N–H and O–H groups in total. The summed E-state index contributed by atoms with van der Waals surface area (Å²) in [5, 5.41) is 12.3. The summed E-state index contributed by atoms with van der Waals surface area (Å²) in [6, 6.07) is 4.78. The molecule has 1 aliphatic rings. The Morgan fingerprint density at radius 3 is 2.61 bits per heavy atom. The second kappa shape index (κ2) is 7.79. The third-order valence-electron chi connectivity index (χ3n) is 3.87. The maximum Gasteiger partial charge on any atom is 0.416 e. The van der Waals surface area contributed by atoms with Crippen LogP contribution in [0.25, 0.3) is 0 Å². The van der Waals surface area contributed by atoms with E-state index in [-0.39, 0.29) is 24.8 Å². The molecule has 0 unspecified atom stereocenters. The lowest BCUT2D eigenvalue weighted by molar-refractivity contribution is -0.139. The molecule has 23 heavy (non-hydrogen) atoms. The van der Waals surface area contributed by atoms with Gasteiger partial charge in [0.25, 0.3) is 0 Å². The van der Waals surface area contributed by atoms with Crippen molar-refractivity contribution in [3.8, 4) is 0 Å². The molecule has 0 aromatic heterocycles. The van der Waals surface area contributed by atoms with Gasteiger partial charge in [-0.15, -0.1) is 0 Å². The Labute approximate surface area is 132 Å². The number of hydrogen-bond acceptors (Lipinski definition) is 3. The van der Waals surface area contributed by atoms with Crippen molar-refractivity contribution in [2.24, 2.45) is 0 Å². The lowest BCUT2D eigenvalue weighted by Crippen LogP contribution is -2.33. The Balaban J connectivity index is 1.84. The van der Waals surface area contributed by atoms with Gasteiger partial charge in [0, 0.05) is 6.54 Å². The second-order valence-corrected chi connectivity index (χ2v) is 5.62. The van der Waals surface area contributed by atoms with Crippen LogP contribution < -0.4 is 5.32 Å². The molecule has 0 heterocycles. The molecule has 1 fully saturated rings. The number of hydrogen-bond donors (Lipinski definition) is 2. The summed E-state index contributed by atoms with van der Waals surface area (Å²) in [5.41, 5.74) is -1.15. The van der Waals surface area contributed by atoms with Crippen LogP contribution in [0.1, 0.15) is 42.9 Å². The standard InChI is InChI=1S/C16H20F3NO3/c17-16(18,19)13-8-4-3-7-12(13)14(21)9-20-15(22)10-23-11-5-1-2-6-11/h3-4,7-8,11,14,21H,1-2,5-6,9-10H2,(H,20,22)/t14-/m0/s1. The Hall–Kier alpha value is -1.60. The van der Waals surface area contributed by atoms with Crippen LogP contribution in [0.4, 0.5) is 13.2 Å². The zero-order valence-electron chi connectivity index (χ0n) is 12.6. The van der Waals surface area contributed by atoms with E-state index >= 15 is 0 Å². The van der Waals surface area contributed by atoms with Crippen LogP contribution in [-0.4, -0.2) is 30.3 Å². The smallest absolute Gasteiger partial charge is 0.387 e. The zero-order chi connectivity index (χ0) is 16.9. The van der Waals surface area contributed by atoms with Gasteiger partial charge < -0.3 is 15.2 Å². The summed E-state index contributed by atoms with van der Waals surface area (Å²) in [7, 11) is 0. The number of alkyl halides is 3. The highest BCUT2D eigenvalue weighted by atomic mass is 19.4. The highest BCUT2D eigenvalue weighted by molar-refractivity contribution is 5.77. The number of carbonyl (C=O) groups excluding carboxylic acids is 1. The molecular formula is C16H20F3NO3. The minimum absolute atomic E-state index is 0.0802. The van der Waals surface area contributed by atoms with E-state index in [4.69, 9.17) is 4.74 Å². The van der Waals surface area contributed by atoms with Gasteiger partial charge in [-0.1, -0.05) is 31.0 Å². The van der Waals surface area contributed by atoms with Crippen LogP contribution in [0, 0.1) is 0 Å². The average molecular weight is 331 g/mol. The topological polar surface area (TPSA) is 58.6 Å². The fraction of sp³-hybridized carbons (Fsp3) is 0.562. The Bertz CT molecular complexity index is 528. The zero-order valence-corrected chi connectivity index (χ0v) is 12.6. The van der Waals surface area contributed by atoms with Crippen LogP contribution in [0.15, 0.2) is 24.3 Å². The van der Waals surface area contributed by atoms with Crippen molar-refractivity contribution in [3.63, 3.8) is 0 Å². The van der Waals surface area contributed by atoms with Gasteiger partial charge in [0.05, 0.1) is 17.8 Å². The minimum Gasteiger partial charge on any atom is -0.387 e. The minimum atomic E-state index is -4.55. The van der Waals surface area contributed by atoms with Gasteiger partial charge in [-0.05, 0) is 24.5 Å². The summed E-state index contributed by atoms with van der Waals surface area (Å²) >= 11 is 0. The predicted octanol–water partition coefficient (Wildman–Crippen LogP) is 2.81. The molecule has 1 atom stereocenters. The number of carbonyl (C=O) groups is 1. The number of aliphatic hydroxyl groups is 1. The number of benzene rings is 1.